The molecular formula is C5H7N3OS. The van der Waals surface area contributed by atoms with Gasteiger partial charge in [-0.3, -0.25) is 0 Å². The summed E-state index contributed by atoms with van der Waals surface area (Å²) in [5.74, 6) is 0. The molecule has 0 fully saturated rings. The van der Waals surface area contributed by atoms with E-state index in [2.05, 4.69) is 15.2 Å². The first kappa shape index (κ1) is 7.27. The van der Waals surface area contributed by atoms with Crippen LogP contribution in [-0.4, -0.2) is 21.4 Å². The molecule has 1 rings (SSSR count). The molecule has 0 aliphatic carbocycles. The molecule has 0 saturated carbocycles. The summed E-state index contributed by atoms with van der Waals surface area (Å²) >= 11 is 1.42. The number of nitrogens with zero attached hydrogens (tertiary/aromatic N) is 2. The normalized spacial score (nSPS) is 9.80. The summed E-state index contributed by atoms with van der Waals surface area (Å²) < 4.78 is 0. The number of H-pyrrole nitrogens is 1. The van der Waals surface area contributed by atoms with Crippen molar-refractivity contribution < 1.29 is 0 Å². The molecule has 1 heterocycles. The van der Waals surface area contributed by atoms with Gasteiger partial charge in [-0.15, -0.1) is 11.8 Å². The molecule has 5 heteroatoms. The van der Waals surface area contributed by atoms with Crippen LogP contribution < -0.4 is 5.69 Å². The predicted molar refractivity (Wildman–Crippen MR) is 39.2 cm³/mol. The lowest BCUT2D eigenvalue weighted by molar-refractivity contribution is 0.815. The van der Waals surface area contributed by atoms with E-state index in [4.69, 9.17) is 0 Å². The third-order valence-electron chi connectivity index (χ3n) is 1.03. The highest BCUT2D eigenvalue weighted by Crippen LogP contribution is 2.10. The topological polar surface area (TPSA) is 58.6 Å². The van der Waals surface area contributed by atoms with Crippen LogP contribution in [0.5, 0.6) is 0 Å². The zero-order valence-electron chi connectivity index (χ0n) is 5.71. The Morgan fingerprint density at radius 2 is 2.30 bits per heavy atom. The van der Waals surface area contributed by atoms with Crippen LogP contribution >= 0.6 is 11.8 Å². The van der Waals surface area contributed by atoms with E-state index in [9.17, 15) is 4.79 Å². The first-order valence-corrected chi connectivity index (χ1v) is 3.94. The fraction of sp³-hybridized carbons (Fsp3) is 0.400. The molecule has 1 aromatic rings. The lowest BCUT2D eigenvalue weighted by Crippen LogP contribution is -2.13. The summed E-state index contributed by atoms with van der Waals surface area (Å²) in [6.45, 7) is 1.80. The second-order valence-corrected chi connectivity index (χ2v) is 2.53. The van der Waals surface area contributed by atoms with Crippen LogP contribution in [0, 0.1) is 6.92 Å². The molecule has 0 saturated heterocycles. The summed E-state index contributed by atoms with van der Waals surface area (Å²) in [7, 11) is 0. The summed E-state index contributed by atoms with van der Waals surface area (Å²) in [6.07, 6.45) is 1.86. The average Bonchev–Trinajstić information content (AvgIpc) is 1.94. The van der Waals surface area contributed by atoms with E-state index in [1.54, 1.807) is 6.92 Å². The average molecular weight is 157 g/mol. The molecule has 0 atom stereocenters. The van der Waals surface area contributed by atoms with Crippen molar-refractivity contribution in [2.45, 2.75) is 11.9 Å². The number of aromatic amines is 1. The van der Waals surface area contributed by atoms with Gasteiger partial charge in [0.05, 0.1) is 5.69 Å². The van der Waals surface area contributed by atoms with E-state index in [1.807, 2.05) is 6.26 Å². The highest BCUT2D eigenvalue weighted by molar-refractivity contribution is 7.98. The van der Waals surface area contributed by atoms with Gasteiger partial charge in [-0.05, 0) is 13.2 Å². The van der Waals surface area contributed by atoms with Gasteiger partial charge in [0, 0.05) is 0 Å². The summed E-state index contributed by atoms with van der Waals surface area (Å²) in [5, 5.41) is 6.66. The lowest BCUT2D eigenvalue weighted by atomic mass is 10.5. The summed E-state index contributed by atoms with van der Waals surface area (Å²) in [4.78, 5) is 14.2. The van der Waals surface area contributed by atoms with Crippen LogP contribution in [0.2, 0.25) is 0 Å². The van der Waals surface area contributed by atoms with Gasteiger partial charge in [0.1, 0.15) is 5.03 Å². The minimum absolute atomic E-state index is 0.394. The Morgan fingerprint density at radius 3 is 2.80 bits per heavy atom. The van der Waals surface area contributed by atoms with Crippen molar-refractivity contribution in [3.8, 4) is 0 Å². The summed E-state index contributed by atoms with van der Waals surface area (Å²) in [6, 6.07) is 0. The van der Waals surface area contributed by atoms with Gasteiger partial charge in [-0.2, -0.15) is 10.1 Å². The number of hydrogen-bond acceptors (Lipinski definition) is 4. The Balaban J connectivity index is 3.22. The Hall–Kier alpha value is -0.840. The molecule has 0 bridgehead atoms. The second-order valence-electron chi connectivity index (χ2n) is 1.74. The molecular weight excluding hydrogens is 150 g/mol. The molecule has 1 N–H and O–H groups in total. The highest BCUT2D eigenvalue weighted by atomic mass is 32.2. The molecule has 0 amide bonds. The number of rotatable bonds is 1. The second kappa shape index (κ2) is 2.83. The van der Waals surface area contributed by atoms with Crippen LogP contribution in [0.1, 0.15) is 5.69 Å². The van der Waals surface area contributed by atoms with Crippen molar-refractivity contribution in [1.29, 1.82) is 0 Å². The Labute approximate surface area is 62.1 Å². The molecule has 4 nitrogen and oxygen atoms in total. The quantitative estimate of drug-likeness (QED) is 0.591. The van der Waals surface area contributed by atoms with E-state index in [1.165, 1.54) is 11.8 Å². The van der Waals surface area contributed by atoms with Crippen molar-refractivity contribution >= 4 is 11.8 Å². The van der Waals surface area contributed by atoms with Crippen molar-refractivity contribution in [1.82, 2.24) is 15.2 Å². The standard InChI is InChI=1S/C5H7N3OS/c1-3-4(10-2)6-5(9)8-7-3/h1-2H3,(H,6,8,9). The molecule has 0 unspecified atom stereocenters. The van der Waals surface area contributed by atoms with E-state index >= 15 is 0 Å². The van der Waals surface area contributed by atoms with Gasteiger partial charge >= 0.3 is 5.69 Å². The maximum atomic E-state index is 10.6. The first-order chi connectivity index (χ1) is 4.74. The van der Waals surface area contributed by atoms with Crippen LogP contribution in [-0.2, 0) is 0 Å². The van der Waals surface area contributed by atoms with Crippen LogP contribution in [0.15, 0.2) is 9.82 Å². The third-order valence-corrected chi connectivity index (χ3v) is 1.80. The highest BCUT2D eigenvalue weighted by Gasteiger charge is 1.98. The van der Waals surface area contributed by atoms with Crippen LogP contribution in [0.3, 0.4) is 0 Å². The Bertz CT molecular complexity index is 282. The van der Waals surface area contributed by atoms with Gasteiger partial charge < -0.3 is 0 Å². The van der Waals surface area contributed by atoms with Gasteiger partial charge in [-0.25, -0.2) is 9.89 Å². The number of thioether (sulfide) groups is 1. The molecule has 54 valence electrons. The SMILES string of the molecule is CSc1nc(=O)[nH]nc1C. The van der Waals surface area contributed by atoms with Gasteiger partial charge in [0.25, 0.3) is 0 Å². The lowest BCUT2D eigenvalue weighted by Gasteiger charge is -1.94. The smallest absolute Gasteiger partial charge is 0.244 e. The molecule has 0 aromatic carbocycles. The number of hydrogen-bond donors (Lipinski definition) is 1. The third kappa shape index (κ3) is 1.36. The van der Waals surface area contributed by atoms with E-state index in [0.29, 0.717) is 5.03 Å². The van der Waals surface area contributed by atoms with Gasteiger partial charge in [0.2, 0.25) is 0 Å². The Morgan fingerprint density at radius 1 is 1.60 bits per heavy atom. The maximum Gasteiger partial charge on any atom is 0.362 e. The van der Waals surface area contributed by atoms with Crippen LogP contribution in [0.25, 0.3) is 0 Å². The largest absolute Gasteiger partial charge is 0.362 e. The van der Waals surface area contributed by atoms with Crippen LogP contribution in [0.4, 0.5) is 0 Å². The zero-order valence-corrected chi connectivity index (χ0v) is 6.53. The van der Waals surface area contributed by atoms with Gasteiger partial charge in [-0.1, -0.05) is 0 Å². The predicted octanol–water partition coefficient (Wildman–Crippen LogP) is 0.195. The van der Waals surface area contributed by atoms with E-state index in [-0.39, 0.29) is 0 Å². The molecule has 0 aliphatic heterocycles. The van der Waals surface area contributed by atoms with E-state index < -0.39 is 5.69 Å². The van der Waals surface area contributed by atoms with Crippen molar-refractivity contribution in [3.05, 3.63) is 16.2 Å². The molecule has 0 spiro atoms. The van der Waals surface area contributed by atoms with Crippen molar-refractivity contribution in [2.75, 3.05) is 6.26 Å². The minimum Gasteiger partial charge on any atom is -0.244 e. The van der Waals surface area contributed by atoms with Crippen molar-refractivity contribution in [3.63, 3.8) is 0 Å². The maximum absolute atomic E-state index is 10.6. The Kier molecular flexibility index (Phi) is 2.06. The first-order valence-electron chi connectivity index (χ1n) is 2.71. The molecule has 1 aromatic heterocycles. The molecule has 10 heavy (non-hydrogen) atoms. The van der Waals surface area contributed by atoms with Gasteiger partial charge in [0.15, 0.2) is 0 Å². The zero-order chi connectivity index (χ0) is 7.56. The fourth-order valence-corrected chi connectivity index (χ4v) is 1.09. The number of aryl methyl sites for hydroxylation is 1. The van der Waals surface area contributed by atoms with Crippen molar-refractivity contribution in [2.24, 2.45) is 0 Å². The number of aromatic nitrogens is 3. The molecule has 0 radical (unpaired) electrons. The number of nitrogens with one attached hydrogen (secondary N) is 1. The van der Waals surface area contributed by atoms with E-state index in [0.717, 1.165) is 5.69 Å². The summed E-state index contributed by atoms with van der Waals surface area (Å²) in [5.41, 5.74) is 0.363. The monoisotopic (exact) mass is 157 g/mol. The minimum atomic E-state index is -0.394. The molecule has 0 aliphatic rings. The fourth-order valence-electron chi connectivity index (χ4n) is 0.571.